The van der Waals surface area contributed by atoms with Crippen molar-refractivity contribution >= 4 is 16.8 Å². The van der Waals surface area contributed by atoms with Crippen molar-refractivity contribution in [2.45, 2.75) is 6.04 Å². The van der Waals surface area contributed by atoms with Crippen LogP contribution in [-0.4, -0.2) is 43.5 Å². The van der Waals surface area contributed by atoms with Crippen LogP contribution in [0.2, 0.25) is 0 Å². The number of benzene rings is 1. The van der Waals surface area contributed by atoms with Crippen molar-refractivity contribution in [1.82, 2.24) is 24.5 Å². The third-order valence-corrected chi connectivity index (χ3v) is 4.21. The highest BCUT2D eigenvalue weighted by Gasteiger charge is 2.34. The van der Waals surface area contributed by atoms with Crippen molar-refractivity contribution in [1.29, 1.82) is 5.26 Å². The Kier molecular flexibility index (Phi) is 2.91. The second-order valence-corrected chi connectivity index (χ2v) is 5.67. The molecule has 0 spiro atoms. The molecule has 2 aromatic heterocycles. The van der Waals surface area contributed by atoms with Crippen LogP contribution < -0.4 is 0 Å². The molecule has 7 nitrogen and oxygen atoms in total. The molecule has 3 aromatic rings. The Hall–Kier alpha value is -3.14. The topological polar surface area (TPSA) is 79.7 Å². The number of rotatable bonds is 2. The fourth-order valence-corrected chi connectivity index (χ4v) is 2.91. The smallest absolute Gasteiger partial charge is 0.275 e. The second-order valence-electron chi connectivity index (χ2n) is 5.67. The van der Waals surface area contributed by atoms with Gasteiger partial charge in [0.05, 0.1) is 23.3 Å². The minimum absolute atomic E-state index is 0.0642. The van der Waals surface area contributed by atoms with Crippen molar-refractivity contribution < 1.29 is 4.79 Å². The van der Waals surface area contributed by atoms with Gasteiger partial charge < -0.3 is 4.90 Å². The molecule has 0 atom stereocenters. The first-order chi connectivity index (χ1) is 11.2. The Morgan fingerprint density at radius 3 is 2.87 bits per heavy atom. The summed E-state index contributed by atoms with van der Waals surface area (Å²) in [5, 5.41) is 18.2. The van der Waals surface area contributed by atoms with Gasteiger partial charge in [0, 0.05) is 31.7 Å². The fourth-order valence-electron chi connectivity index (χ4n) is 2.91. The molecule has 4 rings (SSSR count). The van der Waals surface area contributed by atoms with Gasteiger partial charge in [-0.05, 0) is 6.07 Å². The maximum atomic E-state index is 12.7. The number of hydrogen-bond donors (Lipinski definition) is 0. The van der Waals surface area contributed by atoms with Gasteiger partial charge >= 0.3 is 0 Å². The predicted octanol–water partition coefficient (Wildman–Crippen LogP) is 1.34. The third-order valence-electron chi connectivity index (χ3n) is 4.21. The van der Waals surface area contributed by atoms with Gasteiger partial charge in [-0.3, -0.25) is 14.2 Å². The Labute approximate surface area is 132 Å². The Morgan fingerprint density at radius 1 is 1.35 bits per heavy atom. The molecule has 1 aliphatic heterocycles. The second kappa shape index (κ2) is 4.95. The average molecular weight is 306 g/mol. The summed E-state index contributed by atoms with van der Waals surface area (Å²) in [5.41, 5.74) is 1.96. The molecule has 1 amide bonds. The van der Waals surface area contributed by atoms with E-state index in [2.05, 4.69) is 16.3 Å². The monoisotopic (exact) mass is 306 g/mol. The van der Waals surface area contributed by atoms with Gasteiger partial charge in [-0.2, -0.15) is 15.5 Å². The van der Waals surface area contributed by atoms with Crippen LogP contribution >= 0.6 is 0 Å². The molecule has 7 heteroatoms. The number of nitrogens with zero attached hydrogens (tertiary/aromatic N) is 6. The quantitative estimate of drug-likeness (QED) is 0.715. The number of aryl methyl sites for hydroxylation is 1. The number of amides is 1. The van der Waals surface area contributed by atoms with E-state index in [0.29, 0.717) is 24.3 Å². The van der Waals surface area contributed by atoms with Gasteiger partial charge in [-0.15, -0.1) is 0 Å². The summed E-state index contributed by atoms with van der Waals surface area (Å²) in [5.74, 6) is -0.0642. The lowest BCUT2D eigenvalue weighted by atomic mass is 10.1. The van der Waals surface area contributed by atoms with Gasteiger partial charge in [-0.25, -0.2) is 0 Å². The summed E-state index contributed by atoms with van der Waals surface area (Å²) < 4.78 is 3.48. The van der Waals surface area contributed by atoms with E-state index >= 15 is 0 Å². The Balaban J connectivity index is 1.54. The van der Waals surface area contributed by atoms with Crippen LogP contribution in [0.1, 0.15) is 22.1 Å². The van der Waals surface area contributed by atoms with E-state index in [1.54, 1.807) is 20.5 Å². The highest BCUT2D eigenvalue weighted by Crippen LogP contribution is 2.25. The van der Waals surface area contributed by atoms with Gasteiger partial charge in [0.15, 0.2) is 5.69 Å². The summed E-state index contributed by atoms with van der Waals surface area (Å²) in [6.45, 7) is 1.16. The van der Waals surface area contributed by atoms with E-state index in [-0.39, 0.29) is 11.9 Å². The Bertz CT molecular complexity index is 941. The molecule has 1 aromatic carbocycles. The zero-order valence-corrected chi connectivity index (χ0v) is 12.5. The first kappa shape index (κ1) is 13.5. The third kappa shape index (κ3) is 2.07. The number of carbonyl (C=O) groups is 1. The molecule has 3 heterocycles. The van der Waals surface area contributed by atoms with Crippen LogP contribution in [-0.2, 0) is 7.05 Å². The number of aromatic nitrogens is 4. The normalized spacial score (nSPS) is 14.7. The van der Waals surface area contributed by atoms with Crippen LogP contribution in [0.25, 0.3) is 10.9 Å². The van der Waals surface area contributed by atoms with Crippen LogP contribution in [0.5, 0.6) is 0 Å². The van der Waals surface area contributed by atoms with Crippen LogP contribution in [0.3, 0.4) is 0 Å². The van der Waals surface area contributed by atoms with E-state index in [1.807, 2.05) is 31.3 Å². The van der Waals surface area contributed by atoms with Crippen molar-refractivity contribution in [3.05, 3.63) is 47.9 Å². The Morgan fingerprint density at radius 2 is 2.13 bits per heavy atom. The van der Waals surface area contributed by atoms with Gasteiger partial charge in [0.1, 0.15) is 6.07 Å². The molecule has 1 fully saturated rings. The standard InChI is InChI=1S/C16H14N6O/c1-20-14-5-3-2-4-13(14)15(19-20)16(23)21-9-12(10-21)22-8-11(6-17)7-18-22/h2-5,7-8,12H,9-10H2,1H3. The average Bonchev–Trinajstić information content (AvgIpc) is 3.11. The molecule has 0 N–H and O–H groups in total. The molecule has 0 radical (unpaired) electrons. The molecule has 0 saturated carbocycles. The molecule has 1 saturated heterocycles. The highest BCUT2D eigenvalue weighted by atomic mass is 16.2. The zero-order chi connectivity index (χ0) is 16.0. The molecule has 0 unspecified atom stereocenters. The minimum atomic E-state index is -0.0642. The lowest BCUT2D eigenvalue weighted by Gasteiger charge is -2.38. The van der Waals surface area contributed by atoms with E-state index in [9.17, 15) is 4.79 Å². The fraction of sp³-hybridized carbons (Fsp3) is 0.250. The van der Waals surface area contributed by atoms with Gasteiger partial charge in [0.25, 0.3) is 5.91 Å². The number of hydrogen-bond acceptors (Lipinski definition) is 4. The van der Waals surface area contributed by atoms with E-state index in [1.165, 1.54) is 6.20 Å². The highest BCUT2D eigenvalue weighted by molar-refractivity contribution is 6.05. The van der Waals surface area contributed by atoms with Crippen LogP contribution in [0.4, 0.5) is 0 Å². The number of para-hydroxylation sites is 1. The predicted molar refractivity (Wildman–Crippen MR) is 82.6 cm³/mol. The molecule has 1 aliphatic rings. The summed E-state index contributed by atoms with van der Waals surface area (Å²) in [6.07, 6.45) is 3.25. The SMILES string of the molecule is Cn1nc(C(=O)N2CC(n3cc(C#N)cn3)C2)c2ccccc21. The molecule has 0 bridgehead atoms. The zero-order valence-electron chi connectivity index (χ0n) is 12.5. The number of likely N-dealkylation sites (tertiary alicyclic amines) is 1. The largest absolute Gasteiger partial charge is 0.333 e. The summed E-state index contributed by atoms with van der Waals surface area (Å²) in [6, 6.07) is 9.89. The van der Waals surface area contributed by atoms with Crippen molar-refractivity contribution in [3.8, 4) is 6.07 Å². The molecular weight excluding hydrogens is 292 g/mol. The number of fused-ring (bicyclic) bond motifs is 1. The molecule has 114 valence electrons. The molecule has 0 aliphatic carbocycles. The maximum absolute atomic E-state index is 12.7. The van der Waals surface area contributed by atoms with E-state index < -0.39 is 0 Å². The lowest BCUT2D eigenvalue weighted by molar-refractivity contribution is 0.0496. The maximum Gasteiger partial charge on any atom is 0.275 e. The minimum Gasteiger partial charge on any atom is -0.333 e. The number of nitriles is 1. The number of carbonyl (C=O) groups excluding carboxylic acids is 1. The van der Waals surface area contributed by atoms with Crippen molar-refractivity contribution in [2.24, 2.45) is 7.05 Å². The van der Waals surface area contributed by atoms with Crippen molar-refractivity contribution in [3.63, 3.8) is 0 Å². The van der Waals surface area contributed by atoms with E-state index in [0.717, 1.165) is 10.9 Å². The summed E-state index contributed by atoms with van der Waals surface area (Å²) in [4.78, 5) is 14.4. The van der Waals surface area contributed by atoms with Gasteiger partial charge in [-0.1, -0.05) is 18.2 Å². The first-order valence-electron chi connectivity index (χ1n) is 7.32. The van der Waals surface area contributed by atoms with Crippen molar-refractivity contribution in [2.75, 3.05) is 13.1 Å². The molecule has 23 heavy (non-hydrogen) atoms. The summed E-state index contributed by atoms with van der Waals surface area (Å²) in [7, 11) is 1.84. The van der Waals surface area contributed by atoms with E-state index in [4.69, 9.17) is 5.26 Å². The molecular formula is C16H14N6O. The first-order valence-corrected chi connectivity index (χ1v) is 7.32. The summed E-state index contributed by atoms with van der Waals surface area (Å²) >= 11 is 0. The van der Waals surface area contributed by atoms with Crippen LogP contribution in [0.15, 0.2) is 36.7 Å². The lowest BCUT2D eigenvalue weighted by Crippen LogP contribution is -2.51. The van der Waals surface area contributed by atoms with Gasteiger partial charge in [0.2, 0.25) is 0 Å². The van der Waals surface area contributed by atoms with Crippen LogP contribution in [0, 0.1) is 11.3 Å².